The van der Waals surface area contributed by atoms with Crippen molar-refractivity contribution in [2.75, 3.05) is 26.2 Å². The first kappa shape index (κ1) is 13.2. The summed E-state index contributed by atoms with van der Waals surface area (Å²) >= 11 is 0. The van der Waals surface area contributed by atoms with Crippen LogP contribution in [0.4, 0.5) is 13.2 Å². The topological polar surface area (TPSA) is 52.6 Å². The molecule has 0 aromatic rings. The molecule has 1 fully saturated rings. The molecule has 1 amide bonds. The second kappa shape index (κ2) is 5.49. The van der Waals surface area contributed by atoms with E-state index in [-0.39, 0.29) is 38.4 Å². The normalized spacial score (nSPS) is 24.0. The zero-order valence-corrected chi connectivity index (χ0v) is 8.76. The molecule has 0 radical (unpaired) electrons. The maximum Gasteiger partial charge on any atom is 0.405 e. The number of halogens is 3. The lowest BCUT2D eigenvalue weighted by Crippen LogP contribution is -2.50. The van der Waals surface area contributed by atoms with Crippen molar-refractivity contribution >= 4 is 5.91 Å². The van der Waals surface area contributed by atoms with Gasteiger partial charge in [0.1, 0.15) is 6.04 Å². The smallest absolute Gasteiger partial charge is 0.396 e. The highest BCUT2D eigenvalue weighted by Crippen LogP contribution is 2.25. The van der Waals surface area contributed by atoms with Gasteiger partial charge in [-0.15, -0.1) is 0 Å². The number of rotatable bonds is 3. The van der Waals surface area contributed by atoms with E-state index in [4.69, 9.17) is 5.11 Å². The summed E-state index contributed by atoms with van der Waals surface area (Å²) < 4.78 is 38.0. The first-order valence-electron chi connectivity index (χ1n) is 5.13. The molecule has 0 aliphatic carbocycles. The molecule has 7 heteroatoms. The van der Waals surface area contributed by atoms with E-state index in [2.05, 4.69) is 5.32 Å². The van der Waals surface area contributed by atoms with E-state index in [0.717, 1.165) is 0 Å². The Bertz CT molecular complexity index is 245. The van der Waals surface area contributed by atoms with Crippen LogP contribution in [-0.2, 0) is 4.79 Å². The van der Waals surface area contributed by atoms with Crippen molar-refractivity contribution < 1.29 is 23.1 Å². The van der Waals surface area contributed by atoms with E-state index < -0.39 is 18.8 Å². The number of carbonyl (C=O) groups excluding carboxylic acids is 1. The van der Waals surface area contributed by atoms with Gasteiger partial charge in [0, 0.05) is 32.7 Å². The molecule has 4 nitrogen and oxygen atoms in total. The monoisotopic (exact) mass is 240 g/mol. The van der Waals surface area contributed by atoms with Crippen molar-refractivity contribution in [3.8, 4) is 0 Å². The van der Waals surface area contributed by atoms with Crippen LogP contribution in [0.1, 0.15) is 12.8 Å². The molecule has 0 aromatic carbocycles. The molecular weight excluding hydrogens is 225 g/mol. The van der Waals surface area contributed by atoms with Crippen LogP contribution >= 0.6 is 0 Å². The van der Waals surface area contributed by atoms with Crippen molar-refractivity contribution in [2.24, 2.45) is 0 Å². The van der Waals surface area contributed by atoms with Crippen LogP contribution in [0, 0.1) is 0 Å². The van der Waals surface area contributed by atoms with E-state index in [1.54, 1.807) is 0 Å². The minimum atomic E-state index is -4.35. The van der Waals surface area contributed by atoms with Crippen LogP contribution in [0.15, 0.2) is 0 Å². The number of nitrogens with zero attached hydrogens (tertiary/aromatic N) is 1. The summed E-state index contributed by atoms with van der Waals surface area (Å²) in [6.07, 6.45) is -4.01. The van der Waals surface area contributed by atoms with Crippen molar-refractivity contribution in [2.45, 2.75) is 25.1 Å². The predicted octanol–water partition coefficient (Wildman–Crippen LogP) is 0.122. The summed E-state index contributed by atoms with van der Waals surface area (Å²) in [6, 6.07) is -1.65. The average Bonchev–Trinajstić information content (AvgIpc) is 2.36. The first-order valence-corrected chi connectivity index (χ1v) is 5.13. The second-order valence-corrected chi connectivity index (χ2v) is 3.72. The van der Waals surface area contributed by atoms with E-state index in [9.17, 15) is 18.0 Å². The Balaban J connectivity index is 2.68. The lowest BCUT2D eigenvalue weighted by atomic mass is 10.2. The molecule has 2 N–H and O–H groups in total. The minimum Gasteiger partial charge on any atom is -0.396 e. The highest BCUT2D eigenvalue weighted by molar-refractivity contribution is 5.76. The molecule has 1 aliphatic heterocycles. The zero-order chi connectivity index (χ0) is 12.2. The number of aliphatic hydroxyl groups is 1. The molecular formula is C9H15F3N2O2. The van der Waals surface area contributed by atoms with Crippen molar-refractivity contribution in [1.82, 2.24) is 10.2 Å². The lowest BCUT2D eigenvalue weighted by Gasteiger charge is -2.30. The number of aliphatic hydroxyl groups excluding tert-OH is 1. The van der Waals surface area contributed by atoms with Crippen LogP contribution < -0.4 is 5.32 Å². The summed E-state index contributed by atoms with van der Waals surface area (Å²) in [5.74, 6) is -0.360. The van der Waals surface area contributed by atoms with E-state index in [1.807, 2.05) is 0 Å². The Morgan fingerprint density at radius 3 is 2.75 bits per heavy atom. The van der Waals surface area contributed by atoms with Gasteiger partial charge < -0.3 is 10.4 Å². The summed E-state index contributed by atoms with van der Waals surface area (Å²) in [5.41, 5.74) is 0. The van der Waals surface area contributed by atoms with Gasteiger partial charge >= 0.3 is 6.18 Å². The third-order valence-electron chi connectivity index (χ3n) is 2.54. The molecule has 1 unspecified atom stereocenters. The quantitative estimate of drug-likeness (QED) is 0.737. The number of alkyl halides is 3. The fourth-order valence-corrected chi connectivity index (χ4v) is 1.69. The average molecular weight is 240 g/mol. The maximum atomic E-state index is 12.7. The maximum absolute atomic E-state index is 12.7. The molecule has 0 saturated carbocycles. The van der Waals surface area contributed by atoms with Crippen molar-refractivity contribution in [1.29, 1.82) is 0 Å². The standard InChI is InChI=1S/C9H15F3N2O2/c10-9(11,12)7-6-13-8(16)2-4-14(7)3-1-5-15/h7,15H,1-6H2,(H,13,16). The van der Waals surface area contributed by atoms with Crippen LogP contribution in [-0.4, -0.2) is 54.4 Å². The van der Waals surface area contributed by atoms with Crippen LogP contribution in [0.5, 0.6) is 0 Å². The largest absolute Gasteiger partial charge is 0.405 e. The Morgan fingerprint density at radius 1 is 1.50 bits per heavy atom. The molecule has 1 rings (SSSR count). The number of nitrogens with one attached hydrogen (secondary N) is 1. The van der Waals surface area contributed by atoms with Gasteiger partial charge in [-0.1, -0.05) is 0 Å². The summed E-state index contributed by atoms with van der Waals surface area (Å²) in [6.45, 7) is -0.331. The van der Waals surface area contributed by atoms with Gasteiger partial charge in [0.05, 0.1) is 0 Å². The number of hydrogen-bond donors (Lipinski definition) is 2. The number of amides is 1. The molecule has 16 heavy (non-hydrogen) atoms. The molecule has 0 bridgehead atoms. The Hall–Kier alpha value is -0.820. The lowest BCUT2D eigenvalue weighted by molar-refractivity contribution is -0.181. The SMILES string of the molecule is O=C1CCN(CCCO)C(C(F)(F)F)CN1. The summed E-state index contributed by atoms with van der Waals surface area (Å²) in [4.78, 5) is 12.2. The van der Waals surface area contributed by atoms with E-state index >= 15 is 0 Å². The first-order chi connectivity index (χ1) is 7.45. The Morgan fingerprint density at radius 2 is 2.19 bits per heavy atom. The van der Waals surface area contributed by atoms with Crippen molar-refractivity contribution in [3.63, 3.8) is 0 Å². The van der Waals surface area contributed by atoms with Gasteiger partial charge in [-0.25, -0.2) is 0 Å². The summed E-state index contributed by atoms with van der Waals surface area (Å²) in [5, 5.41) is 10.9. The fraction of sp³-hybridized carbons (Fsp3) is 0.889. The number of carbonyl (C=O) groups is 1. The molecule has 1 atom stereocenters. The zero-order valence-electron chi connectivity index (χ0n) is 8.76. The highest BCUT2D eigenvalue weighted by Gasteiger charge is 2.44. The number of hydrogen-bond acceptors (Lipinski definition) is 3. The highest BCUT2D eigenvalue weighted by atomic mass is 19.4. The van der Waals surface area contributed by atoms with Gasteiger partial charge in [0.25, 0.3) is 0 Å². The Kier molecular flexibility index (Phi) is 4.55. The molecule has 1 heterocycles. The third-order valence-corrected chi connectivity index (χ3v) is 2.54. The second-order valence-electron chi connectivity index (χ2n) is 3.72. The molecule has 0 aromatic heterocycles. The van der Waals surface area contributed by atoms with Crippen LogP contribution in [0.25, 0.3) is 0 Å². The minimum absolute atomic E-state index is 0.0675. The van der Waals surface area contributed by atoms with Gasteiger partial charge in [-0.3, -0.25) is 9.69 Å². The van der Waals surface area contributed by atoms with Gasteiger partial charge in [0.2, 0.25) is 5.91 Å². The van der Waals surface area contributed by atoms with Crippen molar-refractivity contribution in [3.05, 3.63) is 0 Å². The van der Waals surface area contributed by atoms with Crippen LogP contribution in [0.2, 0.25) is 0 Å². The molecule has 1 saturated heterocycles. The van der Waals surface area contributed by atoms with Gasteiger partial charge in [-0.05, 0) is 6.42 Å². The fourth-order valence-electron chi connectivity index (χ4n) is 1.69. The Labute approximate surface area is 91.4 Å². The molecule has 94 valence electrons. The molecule has 0 spiro atoms. The van der Waals surface area contributed by atoms with E-state index in [0.29, 0.717) is 0 Å². The van der Waals surface area contributed by atoms with Crippen LogP contribution in [0.3, 0.4) is 0 Å². The van der Waals surface area contributed by atoms with Gasteiger partial charge in [-0.2, -0.15) is 13.2 Å². The third kappa shape index (κ3) is 3.64. The summed E-state index contributed by atoms with van der Waals surface area (Å²) in [7, 11) is 0. The van der Waals surface area contributed by atoms with Gasteiger partial charge in [0.15, 0.2) is 0 Å². The predicted molar refractivity (Wildman–Crippen MR) is 50.7 cm³/mol. The molecule has 1 aliphatic rings. The van der Waals surface area contributed by atoms with E-state index in [1.165, 1.54) is 4.90 Å².